The standard InChI is InChI=1S/C25H29BrN4O/c1-18-7-4-5-9-23(18)17-28-11-13-29(14-12-28)25(31)22-10-6-8-21(15-22)16-30-20(3)24(26)19(2)27-30/h4-10,15H,11-14,16-17H2,1-3H3. The number of aryl methyl sites for hydroxylation is 2. The second-order valence-electron chi connectivity index (χ2n) is 8.34. The Hall–Kier alpha value is -2.44. The van der Waals surface area contributed by atoms with Crippen LogP contribution in [0.4, 0.5) is 0 Å². The summed E-state index contributed by atoms with van der Waals surface area (Å²) in [6.45, 7) is 11.1. The SMILES string of the molecule is Cc1ccccc1CN1CCN(C(=O)c2cccc(Cn3nc(C)c(Br)c3C)c2)CC1. The van der Waals surface area contributed by atoms with Crippen LogP contribution in [0.5, 0.6) is 0 Å². The maximum Gasteiger partial charge on any atom is 0.253 e. The molecular formula is C25H29BrN4O. The maximum atomic E-state index is 13.1. The molecule has 162 valence electrons. The van der Waals surface area contributed by atoms with Crippen molar-refractivity contribution in [3.8, 4) is 0 Å². The molecule has 3 aromatic rings. The number of carbonyl (C=O) groups excluding carboxylic acids is 1. The first kappa shape index (κ1) is 21.8. The van der Waals surface area contributed by atoms with Crippen LogP contribution in [0.2, 0.25) is 0 Å². The second-order valence-corrected chi connectivity index (χ2v) is 9.13. The largest absolute Gasteiger partial charge is 0.336 e. The Labute approximate surface area is 192 Å². The van der Waals surface area contributed by atoms with Crippen LogP contribution in [-0.2, 0) is 13.1 Å². The average molecular weight is 481 g/mol. The van der Waals surface area contributed by atoms with Crippen molar-refractivity contribution in [3.63, 3.8) is 0 Å². The summed E-state index contributed by atoms with van der Waals surface area (Å²) < 4.78 is 3.02. The number of aromatic nitrogens is 2. The molecule has 1 saturated heterocycles. The molecule has 1 aliphatic rings. The Morgan fingerprint density at radius 1 is 0.968 bits per heavy atom. The van der Waals surface area contributed by atoms with Gasteiger partial charge in [0.1, 0.15) is 0 Å². The first-order valence-corrected chi connectivity index (χ1v) is 11.6. The predicted molar refractivity (Wildman–Crippen MR) is 127 cm³/mol. The van der Waals surface area contributed by atoms with Gasteiger partial charge in [0.05, 0.1) is 22.4 Å². The Morgan fingerprint density at radius 2 is 1.71 bits per heavy atom. The van der Waals surface area contributed by atoms with Crippen LogP contribution in [0.3, 0.4) is 0 Å². The van der Waals surface area contributed by atoms with Gasteiger partial charge in [-0.05, 0) is 65.5 Å². The summed E-state index contributed by atoms with van der Waals surface area (Å²) in [4.78, 5) is 17.5. The molecule has 0 unspecified atom stereocenters. The van der Waals surface area contributed by atoms with Crippen molar-refractivity contribution in [1.82, 2.24) is 19.6 Å². The topological polar surface area (TPSA) is 41.4 Å². The highest BCUT2D eigenvalue weighted by atomic mass is 79.9. The monoisotopic (exact) mass is 480 g/mol. The fourth-order valence-corrected chi connectivity index (χ4v) is 4.41. The molecule has 0 radical (unpaired) electrons. The highest BCUT2D eigenvalue weighted by molar-refractivity contribution is 9.10. The van der Waals surface area contributed by atoms with E-state index in [0.717, 1.165) is 59.7 Å². The fourth-order valence-electron chi connectivity index (χ4n) is 4.12. The summed E-state index contributed by atoms with van der Waals surface area (Å²) in [5.41, 5.74) is 6.61. The van der Waals surface area contributed by atoms with E-state index in [1.807, 2.05) is 34.7 Å². The van der Waals surface area contributed by atoms with Gasteiger partial charge < -0.3 is 4.90 Å². The van der Waals surface area contributed by atoms with Crippen molar-refractivity contribution in [3.05, 3.63) is 86.6 Å². The zero-order chi connectivity index (χ0) is 22.0. The lowest BCUT2D eigenvalue weighted by Crippen LogP contribution is -2.48. The van der Waals surface area contributed by atoms with E-state index in [-0.39, 0.29) is 5.91 Å². The van der Waals surface area contributed by atoms with Crippen LogP contribution in [0.1, 0.15) is 38.4 Å². The van der Waals surface area contributed by atoms with Gasteiger partial charge in [0.25, 0.3) is 5.91 Å². The quantitative estimate of drug-likeness (QED) is 0.536. The molecule has 6 heteroatoms. The Balaban J connectivity index is 1.38. The van der Waals surface area contributed by atoms with Gasteiger partial charge in [-0.2, -0.15) is 5.10 Å². The van der Waals surface area contributed by atoms with Crippen molar-refractivity contribution >= 4 is 21.8 Å². The molecule has 5 nitrogen and oxygen atoms in total. The van der Waals surface area contributed by atoms with E-state index in [9.17, 15) is 4.79 Å². The molecule has 0 bridgehead atoms. The first-order valence-electron chi connectivity index (χ1n) is 10.8. The number of hydrogen-bond donors (Lipinski definition) is 0. The van der Waals surface area contributed by atoms with Gasteiger partial charge in [0.2, 0.25) is 0 Å². The maximum absolute atomic E-state index is 13.1. The van der Waals surface area contributed by atoms with Crippen LogP contribution < -0.4 is 0 Å². The van der Waals surface area contributed by atoms with E-state index in [1.54, 1.807) is 0 Å². The summed E-state index contributed by atoms with van der Waals surface area (Å²) in [6, 6.07) is 16.5. The van der Waals surface area contributed by atoms with Crippen molar-refractivity contribution in [2.75, 3.05) is 26.2 Å². The molecule has 2 heterocycles. The van der Waals surface area contributed by atoms with E-state index in [4.69, 9.17) is 0 Å². The minimum atomic E-state index is 0.118. The van der Waals surface area contributed by atoms with Gasteiger partial charge in [-0.25, -0.2) is 0 Å². The van der Waals surface area contributed by atoms with Crippen LogP contribution in [0.25, 0.3) is 0 Å². The van der Waals surface area contributed by atoms with Crippen LogP contribution in [0.15, 0.2) is 53.0 Å². The molecule has 0 saturated carbocycles. The lowest BCUT2D eigenvalue weighted by atomic mass is 10.1. The molecule has 0 atom stereocenters. The number of carbonyl (C=O) groups is 1. The lowest BCUT2D eigenvalue weighted by molar-refractivity contribution is 0.0628. The zero-order valence-electron chi connectivity index (χ0n) is 18.4. The molecule has 0 aliphatic carbocycles. The number of nitrogens with zero attached hydrogens (tertiary/aromatic N) is 4. The van der Waals surface area contributed by atoms with Crippen molar-refractivity contribution in [2.45, 2.75) is 33.9 Å². The molecule has 4 rings (SSSR count). The lowest BCUT2D eigenvalue weighted by Gasteiger charge is -2.35. The molecule has 1 aliphatic heterocycles. The minimum absolute atomic E-state index is 0.118. The summed E-state index contributed by atoms with van der Waals surface area (Å²) in [5, 5.41) is 4.59. The third-order valence-electron chi connectivity index (χ3n) is 6.11. The fraction of sp³-hybridized carbons (Fsp3) is 0.360. The van der Waals surface area contributed by atoms with Gasteiger partial charge in [0, 0.05) is 38.3 Å². The van der Waals surface area contributed by atoms with E-state index in [1.165, 1.54) is 11.1 Å². The number of halogens is 1. The Kier molecular flexibility index (Phi) is 6.58. The van der Waals surface area contributed by atoms with E-state index in [0.29, 0.717) is 6.54 Å². The number of benzene rings is 2. The minimum Gasteiger partial charge on any atom is -0.336 e. The normalized spacial score (nSPS) is 14.8. The summed E-state index contributed by atoms with van der Waals surface area (Å²) in [6.07, 6.45) is 0. The number of amides is 1. The molecule has 0 spiro atoms. The third kappa shape index (κ3) is 4.91. The third-order valence-corrected chi connectivity index (χ3v) is 7.26. The van der Waals surface area contributed by atoms with E-state index < -0.39 is 0 Å². The molecule has 1 aromatic heterocycles. The van der Waals surface area contributed by atoms with Crippen LogP contribution in [-0.4, -0.2) is 51.7 Å². The molecular weight excluding hydrogens is 452 g/mol. The van der Waals surface area contributed by atoms with Crippen LogP contribution in [0, 0.1) is 20.8 Å². The Bertz CT molecular complexity index is 1080. The van der Waals surface area contributed by atoms with Gasteiger partial charge in [0.15, 0.2) is 0 Å². The summed E-state index contributed by atoms with van der Waals surface area (Å²) in [7, 11) is 0. The first-order chi connectivity index (χ1) is 14.9. The number of hydrogen-bond acceptors (Lipinski definition) is 3. The number of piperazine rings is 1. The molecule has 2 aromatic carbocycles. The Morgan fingerprint density at radius 3 is 2.39 bits per heavy atom. The van der Waals surface area contributed by atoms with Crippen molar-refractivity contribution in [1.29, 1.82) is 0 Å². The van der Waals surface area contributed by atoms with Gasteiger partial charge in [-0.3, -0.25) is 14.4 Å². The summed E-state index contributed by atoms with van der Waals surface area (Å²) >= 11 is 3.58. The highest BCUT2D eigenvalue weighted by Crippen LogP contribution is 2.21. The predicted octanol–water partition coefficient (Wildman–Crippen LogP) is 4.58. The van der Waals surface area contributed by atoms with Crippen molar-refractivity contribution < 1.29 is 4.79 Å². The average Bonchev–Trinajstić information content (AvgIpc) is 3.02. The van der Waals surface area contributed by atoms with Crippen LogP contribution >= 0.6 is 15.9 Å². The van der Waals surface area contributed by atoms with Gasteiger partial charge in [-0.15, -0.1) is 0 Å². The van der Waals surface area contributed by atoms with Gasteiger partial charge in [-0.1, -0.05) is 36.4 Å². The molecule has 0 N–H and O–H groups in total. The second kappa shape index (κ2) is 9.37. The summed E-state index contributed by atoms with van der Waals surface area (Å²) in [5.74, 6) is 0.118. The molecule has 31 heavy (non-hydrogen) atoms. The van der Waals surface area contributed by atoms with Gasteiger partial charge >= 0.3 is 0 Å². The van der Waals surface area contributed by atoms with E-state index in [2.05, 4.69) is 70.1 Å². The highest BCUT2D eigenvalue weighted by Gasteiger charge is 2.22. The number of rotatable bonds is 5. The van der Waals surface area contributed by atoms with Crippen molar-refractivity contribution in [2.24, 2.45) is 0 Å². The molecule has 1 fully saturated rings. The zero-order valence-corrected chi connectivity index (χ0v) is 20.0. The van der Waals surface area contributed by atoms with E-state index >= 15 is 0 Å². The smallest absolute Gasteiger partial charge is 0.253 e. The molecule has 1 amide bonds.